The summed E-state index contributed by atoms with van der Waals surface area (Å²) in [6.45, 7) is 8.28. The molecule has 0 aromatic carbocycles. The maximum Gasteiger partial charge on any atom is 0.407 e. The van der Waals surface area contributed by atoms with Crippen LogP contribution in [0, 0.1) is 3.57 Å². The molecule has 1 atom stereocenters. The maximum atomic E-state index is 11.5. The van der Waals surface area contributed by atoms with Crippen LogP contribution in [0.2, 0.25) is 0 Å². The van der Waals surface area contributed by atoms with Crippen LogP contribution in [0.4, 0.5) is 10.6 Å². The minimum Gasteiger partial charge on any atom is -0.444 e. The van der Waals surface area contributed by atoms with E-state index >= 15 is 0 Å². The molecule has 0 aliphatic carbocycles. The van der Waals surface area contributed by atoms with Gasteiger partial charge < -0.3 is 15.4 Å². The number of nitrogens with one attached hydrogen (secondary N) is 2. The molecule has 0 radical (unpaired) electrons. The summed E-state index contributed by atoms with van der Waals surface area (Å²) in [6, 6.07) is 4.29. The Labute approximate surface area is 140 Å². The van der Waals surface area contributed by atoms with E-state index in [1.54, 1.807) is 0 Å². The van der Waals surface area contributed by atoms with Gasteiger partial charge >= 0.3 is 6.09 Å². The second-order valence-electron chi connectivity index (χ2n) is 5.98. The van der Waals surface area contributed by atoms with Crippen molar-refractivity contribution < 1.29 is 9.53 Å². The van der Waals surface area contributed by atoms with Crippen LogP contribution in [0.15, 0.2) is 18.3 Å². The Morgan fingerprint density at radius 1 is 1.43 bits per heavy atom. The summed E-state index contributed by atoms with van der Waals surface area (Å²) < 4.78 is 6.29. The summed E-state index contributed by atoms with van der Waals surface area (Å²) in [5.41, 5.74) is -0.449. The van der Waals surface area contributed by atoms with E-state index in [2.05, 4.69) is 45.1 Å². The monoisotopic (exact) mass is 405 g/mol. The number of halogens is 1. The molecule has 1 aromatic rings. The Morgan fingerprint density at radius 2 is 2.14 bits per heavy atom. The highest BCUT2D eigenvalue weighted by Gasteiger charge is 2.15. The third-order valence-corrected chi connectivity index (χ3v) is 3.24. The summed E-state index contributed by atoms with van der Waals surface area (Å²) in [7, 11) is 0. The number of pyridine rings is 1. The average Bonchev–Trinajstić information content (AvgIpc) is 2.35. The van der Waals surface area contributed by atoms with Crippen LogP contribution in [0.3, 0.4) is 0 Å². The van der Waals surface area contributed by atoms with Crippen molar-refractivity contribution in [3.05, 3.63) is 21.9 Å². The van der Waals surface area contributed by atoms with Gasteiger partial charge in [0.15, 0.2) is 0 Å². The Balaban J connectivity index is 2.17. The van der Waals surface area contributed by atoms with Crippen molar-refractivity contribution in [2.24, 2.45) is 0 Å². The summed E-state index contributed by atoms with van der Waals surface area (Å²) in [5.74, 6) is 0.878. The molecule has 0 fully saturated rings. The lowest BCUT2D eigenvalue weighted by Crippen LogP contribution is -2.33. The number of carbonyl (C=O) groups is 1. The van der Waals surface area contributed by atoms with Crippen molar-refractivity contribution >= 4 is 34.5 Å². The summed E-state index contributed by atoms with van der Waals surface area (Å²) >= 11 is 2.23. The molecule has 0 spiro atoms. The number of rotatable bonds is 6. The van der Waals surface area contributed by atoms with E-state index in [0.717, 1.165) is 22.2 Å². The number of aromatic nitrogens is 1. The smallest absolute Gasteiger partial charge is 0.407 e. The van der Waals surface area contributed by atoms with Gasteiger partial charge in [-0.25, -0.2) is 9.78 Å². The van der Waals surface area contributed by atoms with Crippen LogP contribution < -0.4 is 10.6 Å². The molecule has 0 saturated heterocycles. The minimum atomic E-state index is -0.449. The molecule has 0 bridgehead atoms. The first-order valence-corrected chi connectivity index (χ1v) is 8.19. The van der Waals surface area contributed by atoms with E-state index in [1.165, 1.54) is 0 Å². The number of carbonyl (C=O) groups excluding carboxylic acids is 1. The lowest BCUT2D eigenvalue weighted by molar-refractivity contribution is 0.0527. The van der Waals surface area contributed by atoms with Crippen LogP contribution in [-0.2, 0) is 4.74 Å². The third-order valence-electron chi connectivity index (χ3n) is 2.60. The SMILES string of the molecule is C[C@H](CCCNC(=O)OC(C)(C)C)Nc1ccc(I)cn1. The molecule has 2 N–H and O–H groups in total. The van der Waals surface area contributed by atoms with Gasteiger partial charge in [0.2, 0.25) is 0 Å². The maximum absolute atomic E-state index is 11.5. The summed E-state index contributed by atoms with van der Waals surface area (Å²) in [6.07, 6.45) is 3.31. The fraction of sp³-hybridized carbons (Fsp3) is 0.600. The van der Waals surface area contributed by atoms with Crippen LogP contribution in [0.1, 0.15) is 40.5 Å². The molecule has 0 aliphatic heterocycles. The number of anilines is 1. The molecule has 0 saturated carbocycles. The Morgan fingerprint density at radius 3 is 2.71 bits per heavy atom. The first-order valence-electron chi connectivity index (χ1n) is 7.11. The van der Waals surface area contributed by atoms with Crippen LogP contribution in [0.5, 0.6) is 0 Å². The quantitative estimate of drug-likeness (QED) is 0.559. The molecule has 1 heterocycles. The summed E-state index contributed by atoms with van der Waals surface area (Å²) in [5, 5.41) is 6.10. The van der Waals surface area contributed by atoms with E-state index < -0.39 is 5.60 Å². The number of ether oxygens (including phenoxy) is 1. The average molecular weight is 405 g/mol. The van der Waals surface area contributed by atoms with Crippen molar-refractivity contribution in [2.75, 3.05) is 11.9 Å². The van der Waals surface area contributed by atoms with Gasteiger partial charge in [-0.05, 0) is 75.3 Å². The zero-order valence-electron chi connectivity index (χ0n) is 13.1. The van der Waals surface area contributed by atoms with Gasteiger partial charge in [0.25, 0.3) is 0 Å². The second kappa shape index (κ2) is 8.41. The minimum absolute atomic E-state index is 0.304. The number of nitrogens with zero attached hydrogens (tertiary/aromatic N) is 1. The molecule has 118 valence electrons. The van der Waals surface area contributed by atoms with Crippen molar-refractivity contribution in [1.29, 1.82) is 0 Å². The normalized spacial score (nSPS) is 12.6. The Hall–Kier alpha value is -1.05. The molecule has 0 aliphatic rings. The Bertz CT molecular complexity index is 443. The van der Waals surface area contributed by atoms with Gasteiger partial charge in [-0.3, -0.25) is 0 Å². The van der Waals surface area contributed by atoms with Crippen LogP contribution >= 0.6 is 22.6 Å². The topological polar surface area (TPSA) is 63.2 Å². The van der Waals surface area contributed by atoms with Crippen molar-refractivity contribution in [3.8, 4) is 0 Å². The zero-order valence-corrected chi connectivity index (χ0v) is 15.2. The number of hydrogen-bond acceptors (Lipinski definition) is 4. The van der Waals surface area contributed by atoms with E-state index in [0.29, 0.717) is 12.6 Å². The number of hydrogen-bond donors (Lipinski definition) is 2. The van der Waals surface area contributed by atoms with Gasteiger partial charge in [0, 0.05) is 22.4 Å². The zero-order chi connectivity index (χ0) is 15.9. The molecule has 6 heteroatoms. The van der Waals surface area contributed by atoms with Gasteiger partial charge in [0.05, 0.1) is 0 Å². The molecule has 5 nitrogen and oxygen atoms in total. The van der Waals surface area contributed by atoms with E-state index in [1.807, 2.05) is 39.1 Å². The Kier molecular flexibility index (Phi) is 7.21. The lowest BCUT2D eigenvalue weighted by Gasteiger charge is -2.20. The van der Waals surface area contributed by atoms with Crippen molar-refractivity contribution in [2.45, 2.75) is 52.2 Å². The van der Waals surface area contributed by atoms with Crippen LogP contribution in [-0.4, -0.2) is 29.3 Å². The van der Waals surface area contributed by atoms with Crippen LogP contribution in [0.25, 0.3) is 0 Å². The third kappa shape index (κ3) is 8.75. The molecular weight excluding hydrogens is 381 g/mol. The number of amides is 1. The predicted molar refractivity (Wildman–Crippen MR) is 93.5 cm³/mol. The highest BCUT2D eigenvalue weighted by atomic mass is 127. The molecule has 1 amide bonds. The highest BCUT2D eigenvalue weighted by Crippen LogP contribution is 2.10. The van der Waals surface area contributed by atoms with E-state index in [-0.39, 0.29) is 6.09 Å². The fourth-order valence-electron chi connectivity index (χ4n) is 1.70. The lowest BCUT2D eigenvalue weighted by atomic mass is 10.2. The standard InChI is InChI=1S/C15H24IN3O2/c1-11(19-13-8-7-12(16)10-18-13)6-5-9-17-14(20)21-15(2,3)4/h7-8,10-11H,5-6,9H2,1-4H3,(H,17,20)(H,18,19)/t11-/m1/s1. The number of alkyl carbamates (subject to hydrolysis) is 1. The van der Waals surface area contributed by atoms with Gasteiger partial charge in [0.1, 0.15) is 11.4 Å². The predicted octanol–water partition coefficient (Wildman–Crippen LogP) is 3.79. The second-order valence-corrected chi connectivity index (χ2v) is 7.22. The largest absolute Gasteiger partial charge is 0.444 e. The van der Waals surface area contributed by atoms with Gasteiger partial charge in [-0.15, -0.1) is 0 Å². The molecule has 21 heavy (non-hydrogen) atoms. The van der Waals surface area contributed by atoms with E-state index in [9.17, 15) is 4.79 Å². The van der Waals surface area contributed by atoms with Gasteiger partial charge in [-0.2, -0.15) is 0 Å². The first-order chi connectivity index (χ1) is 9.76. The molecular formula is C15H24IN3O2. The van der Waals surface area contributed by atoms with Gasteiger partial charge in [-0.1, -0.05) is 0 Å². The molecule has 1 rings (SSSR count). The first kappa shape index (κ1) is 18.0. The summed E-state index contributed by atoms with van der Waals surface area (Å²) in [4.78, 5) is 15.8. The van der Waals surface area contributed by atoms with Crippen molar-refractivity contribution in [3.63, 3.8) is 0 Å². The van der Waals surface area contributed by atoms with E-state index in [4.69, 9.17) is 4.74 Å². The molecule has 0 unspecified atom stereocenters. The molecule has 1 aromatic heterocycles. The fourth-order valence-corrected chi connectivity index (χ4v) is 2.02. The highest BCUT2D eigenvalue weighted by molar-refractivity contribution is 14.1. The van der Waals surface area contributed by atoms with Crippen molar-refractivity contribution in [1.82, 2.24) is 10.3 Å².